The van der Waals surface area contributed by atoms with Gasteiger partial charge in [-0.2, -0.15) is 3.71 Å². The van der Waals surface area contributed by atoms with E-state index in [2.05, 4.69) is 0 Å². The third kappa shape index (κ3) is 4.00. The molecule has 7 nitrogen and oxygen atoms in total. The number of sulfonamides is 2. The van der Waals surface area contributed by atoms with Crippen LogP contribution in [0.15, 0.2) is 11.3 Å². The molecule has 0 saturated carbocycles. The molecule has 0 aromatic carbocycles. The molecule has 0 aliphatic heterocycles. The molecule has 0 unspecified atom stereocenters. The van der Waals surface area contributed by atoms with Gasteiger partial charge in [-0.15, -0.1) is 0 Å². The molecular formula is C8H15NO6S2. The van der Waals surface area contributed by atoms with Gasteiger partial charge < -0.3 is 5.11 Å². The Balaban J connectivity index is 6.16. The lowest BCUT2D eigenvalue weighted by Crippen LogP contribution is -2.35. The summed E-state index contributed by atoms with van der Waals surface area (Å²) in [5, 5.41) is 8.79. The van der Waals surface area contributed by atoms with Gasteiger partial charge in [0.05, 0.1) is 23.8 Å². The third-order valence-corrected chi connectivity index (χ3v) is 5.18. The number of rotatable bonds is 5. The highest BCUT2D eigenvalue weighted by atomic mass is 32.3. The van der Waals surface area contributed by atoms with Crippen molar-refractivity contribution in [2.45, 2.75) is 20.3 Å². The molecule has 0 aliphatic carbocycles. The van der Waals surface area contributed by atoms with Crippen molar-refractivity contribution in [2.24, 2.45) is 0 Å². The van der Waals surface area contributed by atoms with E-state index in [4.69, 9.17) is 5.11 Å². The molecule has 100 valence electrons. The van der Waals surface area contributed by atoms with Gasteiger partial charge in [-0.05, 0) is 13.3 Å². The van der Waals surface area contributed by atoms with Crippen molar-refractivity contribution in [1.29, 1.82) is 0 Å². The highest BCUT2D eigenvalue weighted by Gasteiger charge is 2.30. The van der Waals surface area contributed by atoms with Crippen molar-refractivity contribution in [3.05, 3.63) is 11.3 Å². The molecule has 0 spiro atoms. The summed E-state index contributed by atoms with van der Waals surface area (Å²) in [4.78, 5) is 10.8. The van der Waals surface area contributed by atoms with Crippen molar-refractivity contribution in [3.8, 4) is 0 Å². The van der Waals surface area contributed by atoms with E-state index in [-0.39, 0.29) is 21.4 Å². The first-order chi connectivity index (χ1) is 7.42. The van der Waals surface area contributed by atoms with E-state index >= 15 is 0 Å². The molecule has 0 rings (SSSR count). The zero-order valence-electron chi connectivity index (χ0n) is 9.96. The van der Waals surface area contributed by atoms with Gasteiger partial charge in [0.1, 0.15) is 0 Å². The fourth-order valence-electron chi connectivity index (χ4n) is 1.30. The minimum absolute atomic E-state index is 0.0295. The molecule has 0 bridgehead atoms. The fraction of sp³-hybridized carbons (Fsp3) is 0.625. The molecule has 0 aromatic rings. The lowest BCUT2D eigenvalue weighted by molar-refractivity contribution is -0.132. The van der Waals surface area contributed by atoms with Gasteiger partial charge in [0.15, 0.2) is 0 Å². The van der Waals surface area contributed by atoms with Gasteiger partial charge in [0.25, 0.3) is 0 Å². The topological polar surface area (TPSA) is 109 Å². The Bertz CT molecular complexity index is 511. The van der Waals surface area contributed by atoms with E-state index in [0.717, 1.165) is 6.92 Å². The number of hydrogen-bond acceptors (Lipinski definition) is 5. The quantitative estimate of drug-likeness (QED) is 0.711. The SMILES string of the molecule is CCC(=C(C)C(=O)O)N(S(C)(=O)=O)S(C)(=O)=O. The van der Waals surface area contributed by atoms with Crippen LogP contribution in [0.4, 0.5) is 0 Å². The first-order valence-electron chi connectivity index (χ1n) is 4.56. The van der Waals surface area contributed by atoms with Crippen molar-refractivity contribution >= 4 is 26.0 Å². The number of carboxylic acid groups (broad SMARTS) is 1. The molecule has 0 radical (unpaired) electrons. The zero-order chi connectivity index (χ0) is 14.0. The largest absolute Gasteiger partial charge is 0.478 e. The fourth-order valence-corrected chi connectivity index (χ4v) is 4.60. The minimum atomic E-state index is -4.09. The predicted molar refractivity (Wildman–Crippen MR) is 62.2 cm³/mol. The smallest absolute Gasteiger partial charge is 0.333 e. The Morgan fingerprint density at radius 2 is 1.47 bits per heavy atom. The van der Waals surface area contributed by atoms with Gasteiger partial charge in [-0.1, -0.05) is 6.92 Å². The highest BCUT2D eigenvalue weighted by Crippen LogP contribution is 2.21. The normalized spacial score (nSPS) is 14.1. The van der Waals surface area contributed by atoms with Crippen LogP contribution in [0, 0.1) is 0 Å². The summed E-state index contributed by atoms with van der Waals surface area (Å²) in [6.45, 7) is 2.63. The number of carboxylic acids is 1. The molecule has 0 fully saturated rings. The van der Waals surface area contributed by atoms with Crippen molar-refractivity contribution in [2.75, 3.05) is 12.5 Å². The van der Waals surface area contributed by atoms with Crippen LogP contribution in [-0.4, -0.2) is 44.1 Å². The summed E-state index contributed by atoms with van der Waals surface area (Å²) < 4.78 is 45.9. The summed E-state index contributed by atoms with van der Waals surface area (Å²) >= 11 is 0. The molecule has 0 saturated heterocycles. The molecule has 0 aromatic heterocycles. The maximum Gasteiger partial charge on any atom is 0.333 e. The highest BCUT2D eigenvalue weighted by molar-refractivity contribution is 8.03. The predicted octanol–water partition coefficient (Wildman–Crippen LogP) is -0.0238. The lowest BCUT2D eigenvalue weighted by atomic mass is 10.2. The van der Waals surface area contributed by atoms with Gasteiger partial charge >= 0.3 is 5.97 Å². The van der Waals surface area contributed by atoms with E-state index in [9.17, 15) is 21.6 Å². The number of aliphatic carboxylic acids is 1. The van der Waals surface area contributed by atoms with Crippen molar-refractivity contribution in [3.63, 3.8) is 0 Å². The first-order valence-corrected chi connectivity index (χ1v) is 8.26. The van der Waals surface area contributed by atoms with Gasteiger partial charge in [0, 0.05) is 0 Å². The summed E-state index contributed by atoms with van der Waals surface area (Å²) in [5.74, 6) is -1.36. The Morgan fingerprint density at radius 1 is 1.12 bits per heavy atom. The summed E-state index contributed by atoms with van der Waals surface area (Å²) in [6.07, 6.45) is 1.38. The standard InChI is InChI=1S/C8H15NO6S2/c1-5-7(6(2)8(10)11)9(16(3,12)13)17(4,14)15/h5H2,1-4H3,(H,10,11). The maximum absolute atomic E-state index is 11.4. The summed E-state index contributed by atoms with van der Waals surface area (Å²) in [6, 6.07) is 0. The van der Waals surface area contributed by atoms with E-state index in [0.29, 0.717) is 12.5 Å². The van der Waals surface area contributed by atoms with E-state index in [1.807, 2.05) is 0 Å². The van der Waals surface area contributed by atoms with Gasteiger partial charge in [0.2, 0.25) is 20.0 Å². The monoisotopic (exact) mass is 285 g/mol. The second-order valence-electron chi connectivity index (χ2n) is 3.45. The zero-order valence-corrected chi connectivity index (χ0v) is 11.6. The molecule has 0 heterocycles. The number of hydrogen-bond donors (Lipinski definition) is 1. The Kier molecular flexibility index (Phi) is 4.72. The molecular weight excluding hydrogens is 270 g/mol. The van der Waals surface area contributed by atoms with Crippen LogP contribution < -0.4 is 0 Å². The molecule has 9 heteroatoms. The minimum Gasteiger partial charge on any atom is -0.478 e. The summed E-state index contributed by atoms with van der Waals surface area (Å²) in [5.41, 5.74) is -0.578. The average Bonchev–Trinajstić information content (AvgIpc) is 2.08. The van der Waals surface area contributed by atoms with Gasteiger partial charge in [-0.25, -0.2) is 21.6 Å². The van der Waals surface area contributed by atoms with Crippen molar-refractivity contribution < 1.29 is 26.7 Å². The molecule has 1 N–H and O–H groups in total. The van der Waals surface area contributed by atoms with Crippen LogP contribution in [0.5, 0.6) is 0 Å². The Labute approximate surface area is 101 Å². The van der Waals surface area contributed by atoms with Crippen LogP contribution in [0.2, 0.25) is 0 Å². The second-order valence-corrected chi connectivity index (χ2v) is 7.35. The van der Waals surface area contributed by atoms with Crippen LogP contribution in [0.1, 0.15) is 20.3 Å². The lowest BCUT2D eigenvalue weighted by Gasteiger charge is -2.23. The number of nitrogens with zero attached hydrogens (tertiary/aromatic N) is 1. The Hall–Kier alpha value is -1.09. The van der Waals surface area contributed by atoms with Crippen LogP contribution in [0.25, 0.3) is 0 Å². The van der Waals surface area contributed by atoms with E-state index in [1.165, 1.54) is 6.92 Å². The first kappa shape index (κ1) is 15.9. The maximum atomic E-state index is 11.4. The summed E-state index contributed by atoms with van der Waals surface area (Å²) in [7, 11) is -8.18. The van der Waals surface area contributed by atoms with Crippen LogP contribution in [-0.2, 0) is 24.8 Å². The number of carbonyl (C=O) groups is 1. The molecule has 0 amide bonds. The molecule has 0 atom stereocenters. The second kappa shape index (κ2) is 5.05. The van der Waals surface area contributed by atoms with E-state index < -0.39 is 26.0 Å². The van der Waals surface area contributed by atoms with Gasteiger partial charge in [-0.3, -0.25) is 0 Å². The Morgan fingerprint density at radius 3 is 1.65 bits per heavy atom. The number of allylic oxidation sites excluding steroid dienone is 1. The third-order valence-electron chi connectivity index (χ3n) is 1.91. The average molecular weight is 285 g/mol. The van der Waals surface area contributed by atoms with Crippen molar-refractivity contribution in [1.82, 2.24) is 3.71 Å². The molecule has 17 heavy (non-hydrogen) atoms. The van der Waals surface area contributed by atoms with Crippen LogP contribution >= 0.6 is 0 Å². The molecule has 0 aliphatic rings. The van der Waals surface area contributed by atoms with E-state index in [1.54, 1.807) is 0 Å². The van der Waals surface area contributed by atoms with Crippen LogP contribution in [0.3, 0.4) is 0 Å².